The van der Waals surface area contributed by atoms with E-state index in [0.717, 1.165) is 17.6 Å². The third-order valence-corrected chi connectivity index (χ3v) is 7.27. The molecule has 4 nitrogen and oxygen atoms in total. The zero-order valence-electron chi connectivity index (χ0n) is 16.7. The number of amides is 1. The van der Waals surface area contributed by atoms with E-state index in [2.05, 4.69) is 25.2 Å². The van der Waals surface area contributed by atoms with E-state index in [1.165, 1.54) is 43.2 Å². The van der Waals surface area contributed by atoms with Gasteiger partial charge in [0.15, 0.2) is 5.76 Å². The first-order valence-electron chi connectivity index (χ1n) is 10.6. The number of carbonyl (C=O) groups excluding carboxylic acids is 1. The molecule has 4 bridgehead atoms. The molecule has 1 aromatic heterocycles. The monoisotopic (exact) mass is 379 g/mol. The van der Waals surface area contributed by atoms with Gasteiger partial charge in [-0.25, -0.2) is 0 Å². The molecule has 1 amide bonds. The van der Waals surface area contributed by atoms with E-state index in [1.807, 2.05) is 18.2 Å². The predicted octanol–water partition coefficient (Wildman–Crippen LogP) is 5.03. The summed E-state index contributed by atoms with van der Waals surface area (Å²) in [5, 5.41) is 3.31. The van der Waals surface area contributed by atoms with Crippen LogP contribution in [0.3, 0.4) is 0 Å². The van der Waals surface area contributed by atoms with Crippen molar-refractivity contribution in [3.63, 3.8) is 0 Å². The molecule has 28 heavy (non-hydrogen) atoms. The van der Waals surface area contributed by atoms with Crippen molar-refractivity contribution in [1.29, 1.82) is 0 Å². The normalized spacial score (nSPS) is 30.4. The highest BCUT2D eigenvalue weighted by molar-refractivity contribution is 5.91. The van der Waals surface area contributed by atoms with Gasteiger partial charge < -0.3 is 14.5 Å². The number of furan rings is 1. The molecule has 2 aromatic rings. The summed E-state index contributed by atoms with van der Waals surface area (Å²) in [5.41, 5.74) is 2.45. The molecule has 1 aromatic carbocycles. The van der Waals surface area contributed by atoms with Gasteiger partial charge in [0, 0.05) is 6.04 Å². The number of rotatable bonds is 5. The molecule has 148 valence electrons. The fourth-order valence-electron chi connectivity index (χ4n) is 5.92. The molecule has 0 saturated heterocycles. The van der Waals surface area contributed by atoms with Gasteiger partial charge in [0.05, 0.1) is 0 Å². The van der Waals surface area contributed by atoms with Crippen molar-refractivity contribution in [1.82, 2.24) is 5.32 Å². The van der Waals surface area contributed by atoms with Crippen molar-refractivity contribution in [2.24, 2.45) is 23.7 Å². The highest BCUT2D eigenvalue weighted by Crippen LogP contribution is 2.53. The lowest BCUT2D eigenvalue weighted by atomic mass is 9.54. The van der Waals surface area contributed by atoms with Crippen molar-refractivity contribution in [3.8, 4) is 5.75 Å². The molecule has 0 aliphatic heterocycles. The summed E-state index contributed by atoms with van der Waals surface area (Å²) in [6.45, 7) is 4.48. The molecule has 1 heterocycles. The number of ether oxygens (including phenoxy) is 1. The first-order chi connectivity index (χ1) is 13.5. The van der Waals surface area contributed by atoms with E-state index in [4.69, 9.17) is 9.15 Å². The van der Waals surface area contributed by atoms with Crippen LogP contribution in [0, 0.1) is 37.5 Å². The second-order valence-corrected chi connectivity index (χ2v) is 9.23. The molecule has 4 aliphatic rings. The number of hydrogen-bond acceptors (Lipinski definition) is 3. The van der Waals surface area contributed by atoms with E-state index in [1.54, 1.807) is 6.07 Å². The molecular weight excluding hydrogens is 350 g/mol. The van der Waals surface area contributed by atoms with Gasteiger partial charge in [-0.05, 0) is 105 Å². The highest BCUT2D eigenvalue weighted by Gasteiger charge is 2.48. The van der Waals surface area contributed by atoms with Crippen LogP contribution in [-0.2, 0) is 6.61 Å². The van der Waals surface area contributed by atoms with Crippen LogP contribution in [0.15, 0.2) is 34.7 Å². The molecule has 0 radical (unpaired) electrons. The van der Waals surface area contributed by atoms with Crippen molar-refractivity contribution in [2.75, 3.05) is 0 Å². The quantitative estimate of drug-likeness (QED) is 0.793. The molecule has 6 rings (SSSR count). The summed E-state index contributed by atoms with van der Waals surface area (Å²) in [5.74, 6) is 4.97. The minimum Gasteiger partial charge on any atom is -0.486 e. The van der Waals surface area contributed by atoms with Crippen molar-refractivity contribution < 1.29 is 13.9 Å². The third kappa shape index (κ3) is 3.34. The summed E-state index contributed by atoms with van der Waals surface area (Å²) in [4.78, 5) is 12.8. The maximum atomic E-state index is 12.8. The van der Waals surface area contributed by atoms with Crippen LogP contribution < -0.4 is 10.1 Å². The average molecular weight is 380 g/mol. The standard InChI is InChI=1S/C24H29NO3/c1-14-3-4-20(7-15(14)2)27-13-21-5-6-22(28-21)24(26)25-23-18-9-16-8-17(11-18)12-19(23)10-16/h3-7,16-19,23H,8-13H2,1-2H3,(H,25,26). The highest BCUT2D eigenvalue weighted by atomic mass is 16.5. The second-order valence-electron chi connectivity index (χ2n) is 9.23. The van der Waals surface area contributed by atoms with Crippen LogP contribution in [-0.4, -0.2) is 11.9 Å². The Hall–Kier alpha value is -2.23. The molecule has 4 fully saturated rings. The van der Waals surface area contributed by atoms with Crippen LogP contribution in [0.1, 0.15) is 59.5 Å². The Balaban J connectivity index is 1.20. The Morgan fingerprint density at radius 2 is 1.71 bits per heavy atom. The van der Waals surface area contributed by atoms with Gasteiger partial charge in [0.1, 0.15) is 18.1 Å². The van der Waals surface area contributed by atoms with Gasteiger partial charge >= 0.3 is 0 Å². The predicted molar refractivity (Wildman–Crippen MR) is 107 cm³/mol. The van der Waals surface area contributed by atoms with Gasteiger partial charge in [-0.3, -0.25) is 4.79 Å². The Morgan fingerprint density at radius 3 is 2.39 bits per heavy atom. The van der Waals surface area contributed by atoms with Crippen molar-refractivity contribution in [3.05, 3.63) is 53.0 Å². The molecule has 1 N–H and O–H groups in total. The van der Waals surface area contributed by atoms with Crippen LogP contribution in [0.2, 0.25) is 0 Å². The van der Waals surface area contributed by atoms with Gasteiger partial charge in [0.25, 0.3) is 5.91 Å². The zero-order valence-corrected chi connectivity index (χ0v) is 16.7. The van der Waals surface area contributed by atoms with Crippen LogP contribution in [0.4, 0.5) is 0 Å². The van der Waals surface area contributed by atoms with Gasteiger partial charge in [-0.1, -0.05) is 6.07 Å². The third-order valence-electron chi connectivity index (χ3n) is 7.27. The van der Waals surface area contributed by atoms with E-state index in [0.29, 0.717) is 36.0 Å². The topological polar surface area (TPSA) is 51.5 Å². The van der Waals surface area contributed by atoms with Crippen LogP contribution in [0.25, 0.3) is 0 Å². The first kappa shape index (κ1) is 17.8. The summed E-state index contributed by atoms with van der Waals surface area (Å²) in [6.07, 6.45) is 6.61. The summed E-state index contributed by atoms with van der Waals surface area (Å²) in [7, 11) is 0. The minimum absolute atomic E-state index is 0.0742. The number of benzene rings is 1. The number of carbonyl (C=O) groups is 1. The number of hydrogen-bond donors (Lipinski definition) is 1. The summed E-state index contributed by atoms with van der Waals surface area (Å²) in [6, 6.07) is 9.98. The maximum Gasteiger partial charge on any atom is 0.287 e. The SMILES string of the molecule is Cc1ccc(OCc2ccc(C(=O)NC3C4CC5CC(C4)CC3C5)o2)cc1C. The molecular formula is C24H29NO3. The Bertz CT molecular complexity index is 856. The molecule has 4 saturated carbocycles. The average Bonchev–Trinajstić information content (AvgIpc) is 3.14. The lowest BCUT2D eigenvalue weighted by Gasteiger charge is -2.54. The molecule has 4 aliphatic carbocycles. The summed E-state index contributed by atoms with van der Waals surface area (Å²) >= 11 is 0. The van der Waals surface area contributed by atoms with Gasteiger partial charge in [-0.2, -0.15) is 0 Å². The molecule has 0 unspecified atom stereocenters. The molecule has 0 atom stereocenters. The van der Waals surface area contributed by atoms with E-state index >= 15 is 0 Å². The molecule has 4 heteroatoms. The Kier molecular flexibility index (Phi) is 4.45. The van der Waals surface area contributed by atoms with E-state index < -0.39 is 0 Å². The minimum atomic E-state index is -0.0742. The lowest BCUT2D eigenvalue weighted by molar-refractivity contribution is -0.0123. The van der Waals surface area contributed by atoms with E-state index in [9.17, 15) is 4.79 Å². The van der Waals surface area contributed by atoms with Crippen LogP contribution >= 0.6 is 0 Å². The molecule has 0 spiro atoms. The Morgan fingerprint density at radius 1 is 1.00 bits per heavy atom. The van der Waals surface area contributed by atoms with Crippen LogP contribution in [0.5, 0.6) is 5.75 Å². The van der Waals surface area contributed by atoms with Gasteiger partial charge in [0.2, 0.25) is 0 Å². The first-order valence-corrected chi connectivity index (χ1v) is 10.6. The smallest absolute Gasteiger partial charge is 0.287 e. The van der Waals surface area contributed by atoms with E-state index in [-0.39, 0.29) is 5.91 Å². The number of aryl methyl sites for hydroxylation is 2. The van der Waals surface area contributed by atoms with Crippen molar-refractivity contribution >= 4 is 5.91 Å². The Labute approximate surface area is 166 Å². The van der Waals surface area contributed by atoms with Gasteiger partial charge in [-0.15, -0.1) is 0 Å². The van der Waals surface area contributed by atoms with Crippen molar-refractivity contribution in [2.45, 2.75) is 58.6 Å². The summed E-state index contributed by atoms with van der Waals surface area (Å²) < 4.78 is 11.6. The lowest BCUT2D eigenvalue weighted by Crippen LogP contribution is -2.55. The largest absolute Gasteiger partial charge is 0.486 e. The number of nitrogens with one attached hydrogen (secondary N) is 1. The fraction of sp³-hybridized carbons (Fsp3) is 0.542. The zero-order chi connectivity index (χ0) is 19.3. The second kappa shape index (κ2) is 6.98. The fourth-order valence-corrected chi connectivity index (χ4v) is 5.92. The maximum absolute atomic E-state index is 12.8.